The lowest BCUT2D eigenvalue weighted by Crippen LogP contribution is -2.45. The number of carbonyl (C=O) groups excluding carboxylic acids is 4. The minimum Gasteiger partial charge on any atom is -0.464 e. The molecule has 1 heterocycles. The fourth-order valence-corrected chi connectivity index (χ4v) is 2.24. The number of esters is 3. The quantitative estimate of drug-likeness (QED) is 0.521. The van der Waals surface area contributed by atoms with Crippen molar-refractivity contribution in [2.24, 2.45) is 0 Å². The molecule has 0 aliphatic carbocycles. The van der Waals surface area contributed by atoms with Crippen LogP contribution in [0, 0.1) is 0 Å². The highest BCUT2D eigenvalue weighted by molar-refractivity contribution is 5.71. The van der Waals surface area contributed by atoms with Gasteiger partial charge in [-0.25, -0.2) is 4.79 Å². The van der Waals surface area contributed by atoms with E-state index in [1.807, 2.05) is 0 Å². The van der Waals surface area contributed by atoms with Crippen LogP contribution in [0.1, 0.15) is 20.8 Å². The van der Waals surface area contributed by atoms with E-state index in [-0.39, 0.29) is 13.2 Å². The van der Waals surface area contributed by atoms with Gasteiger partial charge in [-0.05, 0) is 0 Å². The van der Waals surface area contributed by atoms with Crippen LogP contribution in [0.4, 0.5) is 4.79 Å². The zero-order valence-electron chi connectivity index (χ0n) is 12.9. The minimum atomic E-state index is -0.945. The van der Waals surface area contributed by atoms with Crippen LogP contribution in [-0.2, 0) is 33.3 Å². The summed E-state index contributed by atoms with van der Waals surface area (Å²) in [6, 6.07) is -0.801. The van der Waals surface area contributed by atoms with Crippen molar-refractivity contribution in [1.29, 1.82) is 0 Å². The Morgan fingerprint density at radius 3 is 2.05 bits per heavy atom. The van der Waals surface area contributed by atoms with Crippen molar-refractivity contribution in [1.82, 2.24) is 4.90 Å². The molecule has 0 aromatic rings. The summed E-state index contributed by atoms with van der Waals surface area (Å²) in [7, 11) is 1.19. The van der Waals surface area contributed by atoms with Gasteiger partial charge in [0.1, 0.15) is 12.6 Å². The lowest BCUT2D eigenvalue weighted by Gasteiger charge is -2.26. The predicted octanol–water partition coefficient (Wildman–Crippen LogP) is -0.136. The van der Waals surface area contributed by atoms with Gasteiger partial charge < -0.3 is 18.9 Å². The molecule has 0 aromatic heterocycles. The van der Waals surface area contributed by atoms with Crippen molar-refractivity contribution in [3.05, 3.63) is 0 Å². The summed E-state index contributed by atoms with van der Waals surface area (Å²) >= 11 is 0. The number of nitrogens with zero attached hydrogens (tertiary/aromatic N) is 1. The summed E-state index contributed by atoms with van der Waals surface area (Å²) in [4.78, 5) is 46.4. The van der Waals surface area contributed by atoms with Gasteiger partial charge in [-0.1, -0.05) is 0 Å². The third-order valence-corrected chi connectivity index (χ3v) is 3.01. The Hall–Kier alpha value is -2.32. The summed E-state index contributed by atoms with van der Waals surface area (Å²) in [6.45, 7) is 3.36. The molecule has 3 atom stereocenters. The molecular weight excluding hydrogens is 298 g/mol. The molecule has 1 aliphatic rings. The number of methoxy groups -OCH3 is 1. The average Bonchev–Trinajstić information content (AvgIpc) is 2.72. The van der Waals surface area contributed by atoms with Crippen LogP contribution in [0.5, 0.6) is 0 Å². The molecule has 0 spiro atoms. The standard InChI is InChI=1S/C13H19NO8/c1-7(15)20-6-10-12(22-9(3)17)11(21-8(2)16)5-14(10)13(18)19-4/h10-12H,5-6H2,1-4H3/t10-,11+,12-/m1/s1. The third kappa shape index (κ3) is 4.61. The largest absolute Gasteiger partial charge is 0.464 e. The van der Waals surface area contributed by atoms with E-state index in [4.69, 9.17) is 14.2 Å². The summed E-state index contributed by atoms with van der Waals surface area (Å²) in [5, 5.41) is 0. The van der Waals surface area contributed by atoms with Crippen LogP contribution in [0.25, 0.3) is 0 Å². The highest BCUT2D eigenvalue weighted by atomic mass is 16.6. The zero-order valence-corrected chi connectivity index (χ0v) is 12.9. The molecule has 124 valence electrons. The first-order chi connectivity index (χ1) is 10.3. The molecule has 9 nitrogen and oxygen atoms in total. The molecule has 1 fully saturated rings. The second kappa shape index (κ2) is 7.62. The Labute approximate surface area is 127 Å². The van der Waals surface area contributed by atoms with E-state index in [2.05, 4.69) is 4.74 Å². The highest BCUT2D eigenvalue weighted by Gasteiger charge is 2.49. The topological polar surface area (TPSA) is 108 Å². The van der Waals surface area contributed by atoms with Crippen LogP contribution in [0.15, 0.2) is 0 Å². The molecule has 1 rings (SSSR count). The SMILES string of the molecule is COC(=O)N1C[C@H](OC(C)=O)[C@H](OC(C)=O)[C@H]1COC(C)=O. The number of hydrogen-bond donors (Lipinski definition) is 0. The van der Waals surface area contributed by atoms with Crippen LogP contribution in [-0.4, -0.2) is 67.4 Å². The van der Waals surface area contributed by atoms with Gasteiger partial charge in [0.05, 0.1) is 13.7 Å². The molecule has 0 saturated carbocycles. The Kier molecular flexibility index (Phi) is 6.14. The Morgan fingerprint density at radius 1 is 1.00 bits per heavy atom. The molecule has 9 heteroatoms. The van der Waals surface area contributed by atoms with E-state index in [1.54, 1.807) is 0 Å². The van der Waals surface area contributed by atoms with Crippen LogP contribution in [0.3, 0.4) is 0 Å². The maximum Gasteiger partial charge on any atom is 0.410 e. The van der Waals surface area contributed by atoms with Crippen LogP contribution >= 0.6 is 0 Å². The Morgan fingerprint density at radius 2 is 1.59 bits per heavy atom. The number of ether oxygens (including phenoxy) is 4. The van der Waals surface area contributed by atoms with Gasteiger partial charge in [-0.15, -0.1) is 0 Å². The summed E-state index contributed by atoms with van der Waals surface area (Å²) in [5.41, 5.74) is 0. The van der Waals surface area contributed by atoms with E-state index in [0.717, 1.165) is 0 Å². The first-order valence-corrected chi connectivity index (χ1v) is 6.58. The monoisotopic (exact) mass is 317 g/mol. The lowest BCUT2D eigenvalue weighted by molar-refractivity contribution is -0.164. The van der Waals surface area contributed by atoms with Gasteiger partial charge in [0, 0.05) is 20.8 Å². The smallest absolute Gasteiger partial charge is 0.410 e. The molecular formula is C13H19NO8. The molecule has 0 radical (unpaired) electrons. The fourth-order valence-electron chi connectivity index (χ4n) is 2.24. The van der Waals surface area contributed by atoms with Crippen molar-refractivity contribution in [3.63, 3.8) is 0 Å². The number of carbonyl (C=O) groups is 4. The van der Waals surface area contributed by atoms with Gasteiger partial charge in [-0.3, -0.25) is 19.3 Å². The molecule has 0 bridgehead atoms. The molecule has 0 N–H and O–H groups in total. The second-order valence-corrected chi connectivity index (χ2v) is 4.71. The maximum atomic E-state index is 11.8. The van der Waals surface area contributed by atoms with Gasteiger partial charge >= 0.3 is 24.0 Å². The number of hydrogen-bond acceptors (Lipinski definition) is 8. The second-order valence-electron chi connectivity index (χ2n) is 4.71. The summed E-state index contributed by atoms with van der Waals surface area (Å²) in [6.07, 6.45) is -2.51. The number of likely N-dealkylation sites (tertiary alicyclic amines) is 1. The van der Waals surface area contributed by atoms with E-state index in [1.165, 1.54) is 32.8 Å². The molecule has 0 aromatic carbocycles. The lowest BCUT2D eigenvalue weighted by atomic mass is 10.1. The molecule has 22 heavy (non-hydrogen) atoms. The highest BCUT2D eigenvalue weighted by Crippen LogP contribution is 2.25. The average molecular weight is 317 g/mol. The van der Waals surface area contributed by atoms with Crippen molar-refractivity contribution in [2.75, 3.05) is 20.3 Å². The van der Waals surface area contributed by atoms with Crippen molar-refractivity contribution in [2.45, 2.75) is 39.0 Å². The minimum absolute atomic E-state index is 0.0316. The summed E-state index contributed by atoms with van der Waals surface area (Å²) < 4.78 is 19.8. The molecule has 1 aliphatic heterocycles. The maximum absolute atomic E-state index is 11.8. The van der Waals surface area contributed by atoms with Crippen molar-refractivity contribution < 1.29 is 38.1 Å². The number of rotatable bonds is 4. The molecule has 1 amide bonds. The third-order valence-electron chi connectivity index (χ3n) is 3.01. The molecule has 1 saturated heterocycles. The van der Waals surface area contributed by atoms with E-state index >= 15 is 0 Å². The fraction of sp³-hybridized carbons (Fsp3) is 0.692. The van der Waals surface area contributed by atoms with Gasteiger partial charge in [0.2, 0.25) is 0 Å². The first-order valence-electron chi connectivity index (χ1n) is 6.58. The summed E-state index contributed by atoms with van der Waals surface area (Å²) in [5.74, 6) is -1.75. The first kappa shape index (κ1) is 17.7. The zero-order chi connectivity index (χ0) is 16.9. The number of amides is 1. The van der Waals surface area contributed by atoms with Gasteiger partial charge in [0.25, 0.3) is 0 Å². The molecule has 0 unspecified atom stereocenters. The van der Waals surface area contributed by atoms with E-state index < -0.39 is 42.3 Å². The Bertz CT molecular complexity index is 463. The van der Waals surface area contributed by atoms with Crippen LogP contribution < -0.4 is 0 Å². The normalized spacial score (nSPS) is 23.6. The van der Waals surface area contributed by atoms with Gasteiger partial charge in [0.15, 0.2) is 12.2 Å². The van der Waals surface area contributed by atoms with Gasteiger partial charge in [-0.2, -0.15) is 0 Å². The van der Waals surface area contributed by atoms with Crippen LogP contribution in [0.2, 0.25) is 0 Å². The Balaban J connectivity index is 3.01. The van der Waals surface area contributed by atoms with E-state index in [0.29, 0.717) is 0 Å². The predicted molar refractivity (Wildman–Crippen MR) is 70.6 cm³/mol. The van der Waals surface area contributed by atoms with E-state index in [9.17, 15) is 19.2 Å². The van der Waals surface area contributed by atoms with Crippen molar-refractivity contribution >= 4 is 24.0 Å². The van der Waals surface area contributed by atoms with Crippen molar-refractivity contribution in [3.8, 4) is 0 Å².